The van der Waals surface area contributed by atoms with E-state index in [9.17, 15) is 4.79 Å². The quantitative estimate of drug-likeness (QED) is 0.835. The number of aryl methyl sites for hydroxylation is 1. The number of ether oxygens (including phenoxy) is 2. The number of benzene rings is 1. The van der Waals surface area contributed by atoms with Gasteiger partial charge in [0.25, 0.3) is 5.91 Å². The number of carbonyl (C=O) groups is 1. The molecule has 1 saturated heterocycles. The SMILES string of the molecule is COc1ccccc1OCC(=O)N1CCC(c2nnc(C)o2)CC1. The highest BCUT2D eigenvalue weighted by atomic mass is 16.5. The molecule has 1 fully saturated rings. The van der Waals surface area contributed by atoms with Gasteiger partial charge in [-0.2, -0.15) is 0 Å². The molecule has 0 spiro atoms. The van der Waals surface area contributed by atoms with Crippen molar-refractivity contribution in [3.8, 4) is 11.5 Å². The van der Waals surface area contributed by atoms with Crippen LogP contribution >= 0.6 is 0 Å². The summed E-state index contributed by atoms with van der Waals surface area (Å²) in [4.78, 5) is 14.1. The van der Waals surface area contributed by atoms with Crippen molar-refractivity contribution in [1.29, 1.82) is 0 Å². The summed E-state index contributed by atoms with van der Waals surface area (Å²) in [5.74, 6) is 2.64. The maximum Gasteiger partial charge on any atom is 0.260 e. The van der Waals surface area contributed by atoms with Gasteiger partial charge in [-0.3, -0.25) is 4.79 Å². The molecule has 0 aliphatic carbocycles. The average molecular weight is 331 g/mol. The van der Waals surface area contributed by atoms with Gasteiger partial charge in [-0.1, -0.05) is 12.1 Å². The molecule has 0 unspecified atom stereocenters. The number of piperidine rings is 1. The number of rotatable bonds is 5. The summed E-state index contributed by atoms with van der Waals surface area (Å²) in [6.45, 7) is 3.12. The van der Waals surface area contributed by atoms with Crippen LogP contribution in [0.2, 0.25) is 0 Å². The Bertz CT molecular complexity index is 693. The lowest BCUT2D eigenvalue weighted by atomic mass is 9.97. The van der Waals surface area contributed by atoms with Crippen molar-refractivity contribution in [1.82, 2.24) is 15.1 Å². The first-order valence-electron chi connectivity index (χ1n) is 8.01. The van der Waals surface area contributed by atoms with Crippen LogP contribution in [0.1, 0.15) is 30.5 Å². The molecule has 2 aromatic rings. The third-order valence-corrected chi connectivity index (χ3v) is 4.16. The fraction of sp³-hybridized carbons (Fsp3) is 0.471. The second-order valence-corrected chi connectivity index (χ2v) is 5.75. The molecule has 1 amide bonds. The molecule has 3 rings (SSSR count). The second-order valence-electron chi connectivity index (χ2n) is 5.75. The Morgan fingerprint density at radius 1 is 1.25 bits per heavy atom. The minimum absolute atomic E-state index is 0.00467. The highest BCUT2D eigenvalue weighted by Gasteiger charge is 2.27. The van der Waals surface area contributed by atoms with Crippen LogP contribution in [0.3, 0.4) is 0 Å². The van der Waals surface area contributed by atoms with Crippen LogP contribution < -0.4 is 9.47 Å². The van der Waals surface area contributed by atoms with Crippen LogP contribution in [0.4, 0.5) is 0 Å². The van der Waals surface area contributed by atoms with Gasteiger partial charge in [-0.25, -0.2) is 0 Å². The van der Waals surface area contributed by atoms with E-state index in [-0.39, 0.29) is 18.4 Å². The Hall–Kier alpha value is -2.57. The minimum Gasteiger partial charge on any atom is -0.493 e. The number of nitrogens with zero attached hydrogens (tertiary/aromatic N) is 3. The molecule has 7 heteroatoms. The van der Waals surface area contributed by atoms with Crippen LogP contribution in [0, 0.1) is 6.92 Å². The Labute approximate surface area is 140 Å². The molecule has 1 aliphatic rings. The number of hydrogen-bond donors (Lipinski definition) is 0. The maximum atomic E-state index is 12.3. The molecular formula is C17H21N3O4. The zero-order valence-corrected chi connectivity index (χ0v) is 13.9. The molecule has 128 valence electrons. The summed E-state index contributed by atoms with van der Waals surface area (Å²) in [6.07, 6.45) is 1.64. The van der Waals surface area contributed by atoms with E-state index >= 15 is 0 Å². The Morgan fingerprint density at radius 2 is 1.96 bits per heavy atom. The molecular weight excluding hydrogens is 310 g/mol. The van der Waals surface area contributed by atoms with Gasteiger partial charge < -0.3 is 18.8 Å². The number of methoxy groups -OCH3 is 1. The molecule has 0 N–H and O–H groups in total. The van der Waals surface area contributed by atoms with Crippen LogP contribution in [0.15, 0.2) is 28.7 Å². The van der Waals surface area contributed by atoms with E-state index in [1.807, 2.05) is 17.0 Å². The first-order chi connectivity index (χ1) is 11.7. The summed E-state index contributed by atoms with van der Waals surface area (Å²) < 4.78 is 16.3. The Kier molecular flexibility index (Phi) is 4.98. The van der Waals surface area contributed by atoms with Gasteiger partial charge in [0.15, 0.2) is 18.1 Å². The first-order valence-corrected chi connectivity index (χ1v) is 8.01. The van der Waals surface area contributed by atoms with Gasteiger partial charge in [0, 0.05) is 25.9 Å². The molecule has 2 heterocycles. The molecule has 0 bridgehead atoms. The maximum absolute atomic E-state index is 12.3. The Balaban J connectivity index is 1.50. The van der Waals surface area contributed by atoms with Crippen molar-refractivity contribution in [2.75, 3.05) is 26.8 Å². The van der Waals surface area contributed by atoms with E-state index in [2.05, 4.69) is 10.2 Å². The zero-order valence-electron chi connectivity index (χ0n) is 13.9. The van der Waals surface area contributed by atoms with E-state index < -0.39 is 0 Å². The highest BCUT2D eigenvalue weighted by molar-refractivity contribution is 5.78. The monoisotopic (exact) mass is 331 g/mol. The Morgan fingerprint density at radius 3 is 2.58 bits per heavy atom. The molecule has 1 aromatic heterocycles. The van der Waals surface area contributed by atoms with Crippen molar-refractivity contribution in [3.63, 3.8) is 0 Å². The van der Waals surface area contributed by atoms with Gasteiger partial charge in [0.2, 0.25) is 11.8 Å². The standard InChI is InChI=1S/C17H21N3O4/c1-12-18-19-17(24-12)13-7-9-20(10-8-13)16(21)11-23-15-6-4-3-5-14(15)22-2/h3-6,13H,7-11H2,1-2H3. The summed E-state index contributed by atoms with van der Waals surface area (Å²) in [6, 6.07) is 7.30. The minimum atomic E-state index is -0.0268. The second kappa shape index (κ2) is 7.33. The number of amides is 1. The van der Waals surface area contributed by atoms with Gasteiger partial charge in [-0.05, 0) is 25.0 Å². The third kappa shape index (κ3) is 3.67. The van der Waals surface area contributed by atoms with Crippen molar-refractivity contribution in [3.05, 3.63) is 36.0 Å². The normalized spacial score (nSPS) is 15.3. The first kappa shape index (κ1) is 16.3. The molecule has 1 aromatic carbocycles. The molecule has 7 nitrogen and oxygen atoms in total. The fourth-order valence-corrected chi connectivity index (χ4v) is 2.82. The topological polar surface area (TPSA) is 77.7 Å². The smallest absolute Gasteiger partial charge is 0.260 e. The van der Waals surface area contributed by atoms with E-state index in [0.717, 1.165) is 12.8 Å². The van der Waals surface area contributed by atoms with Crippen molar-refractivity contribution < 1.29 is 18.7 Å². The largest absolute Gasteiger partial charge is 0.493 e. The number of carbonyl (C=O) groups excluding carboxylic acids is 1. The lowest BCUT2D eigenvalue weighted by Crippen LogP contribution is -2.40. The van der Waals surface area contributed by atoms with E-state index in [0.29, 0.717) is 36.4 Å². The van der Waals surface area contributed by atoms with E-state index in [1.165, 1.54) is 0 Å². The average Bonchev–Trinajstić information content (AvgIpc) is 3.06. The number of hydrogen-bond acceptors (Lipinski definition) is 6. The van der Waals surface area contributed by atoms with Crippen molar-refractivity contribution in [2.45, 2.75) is 25.7 Å². The highest BCUT2D eigenvalue weighted by Crippen LogP contribution is 2.28. The summed E-state index contributed by atoms with van der Waals surface area (Å²) >= 11 is 0. The zero-order chi connectivity index (χ0) is 16.9. The molecule has 1 aliphatic heterocycles. The predicted molar refractivity (Wildman–Crippen MR) is 86.1 cm³/mol. The summed E-state index contributed by atoms with van der Waals surface area (Å²) in [7, 11) is 1.58. The molecule has 24 heavy (non-hydrogen) atoms. The van der Waals surface area contributed by atoms with Gasteiger partial charge in [-0.15, -0.1) is 10.2 Å². The molecule has 0 saturated carbocycles. The lowest BCUT2D eigenvalue weighted by molar-refractivity contribution is -0.134. The number of likely N-dealkylation sites (tertiary alicyclic amines) is 1. The van der Waals surface area contributed by atoms with E-state index in [1.54, 1.807) is 26.2 Å². The van der Waals surface area contributed by atoms with Gasteiger partial charge >= 0.3 is 0 Å². The predicted octanol–water partition coefficient (Wildman–Crippen LogP) is 2.17. The lowest BCUT2D eigenvalue weighted by Gasteiger charge is -2.30. The van der Waals surface area contributed by atoms with Crippen LogP contribution in [-0.4, -0.2) is 47.8 Å². The van der Waals surface area contributed by atoms with E-state index in [4.69, 9.17) is 13.9 Å². The number of para-hydroxylation sites is 2. The fourth-order valence-electron chi connectivity index (χ4n) is 2.82. The molecule has 0 atom stereocenters. The van der Waals surface area contributed by atoms with Gasteiger partial charge in [0.05, 0.1) is 7.11 Å². The van der Waals surface area contributed by atoms with Crippen molar-refractivity contribution in [2.24, 2.45) is 0 Å². The summed E-state index contributed by atoms with van der Waals surface area (Å²) in [5, 5.41) is 7.94. The summed E-state index contributed by atoms with van der Waals surface area (Å²) in [5.41, 5.74) is 0. The van der Waals surface area contributed by atoms with Gasteiger partial charge in [0.1, 0.15) is 0 Å². The van der Waals surface area contributed by atoms with Crippen LogP contribution in [0.25, 0.3) is 0 Å². The molecule has 0 radical (unpaired) electrons. The van der Waals surface area contributed by atoms with Crippen LogP contribution in [-0.2, 0) is 4.79 Å². The van der Waals surface area contributed by atoms with Crippen LogP contribution in [0.5, 0.6) is 11.5 Å². The third-order valence-electron chi connectivity index (χ3n) is 4.16. The number of aromatic nitrogens is 2. The van der Waals surface area contributed by atoms with Crippen molar-refractivity contribution >= 4 is 5.91 Å².